The van der Waals surface area contributed by atoms with E-state index in [1.54, 1.807) is 0 Å². The van der Waals surface area contributed by atoms with Gasteiger partial charge in [0, 0.05) is 28.9 Å². The predicted molar refractivity (Wildman–Crippen MR) is 111 cm³/mol. The molecule has 3 nitrogen and oxygen atoms in total. The Bertz CT molecular complexity index is 681. The average Bonchev–Trinajstić information content (AvgIpc) is 3.30. The van der Waals surface area contributed by atoms with Crippen molar-refractivity contribution >= 4 is 27.3 Å². The molecule has 2 aliphatic carbocycles. The van der Waals surface area contributed by atoms with Gasteiger partial charge in [-0.25, -0.2) is 0 Å². The van der Waals surface area contributed by atoms with Crippen LogP contribution in [0.15, 0.2) is 22.7 Å². The van der Waals surface area contributed by atoms with Gasteiger partial charge in [0.2, 0.25) is 0 Å². The van der Waals surface area contributed by atoms with Gasteiger partial charge in [-0.2, -0.15) is 0 Å². The molecule has 1 aromatic rings. The van der Waals surface area contributed by atoms with Gasteiger partial charge in [-0.05, 0) is 81.5 Å². The van der Waals surface area contributed by atoms with Gasteiger partial charge < -0.3 is 9.29 Å². The molecule has 1 saturated carbocycles. The van der Waals surface area contributed by atoms with Gasteiger partial charge in [-0.3, -0.25) is 0 Å². The Hall–Kier alpha value is -0.0700. The molecule has 0 radical (unpaired) electrons. The number of benzene rings is 1. The summed E-state index contributed by atoms with van der Waals surface area (Å²) in [5.41, 5.74) is 3.32. The van der Waals surface area contributed by atoms with Crippen molar-refractivity contribution in [3.05, 3.63) is 33.8 Å². The first kappa shape index (κ1) is 19.3. The summed E-state index contributed by atoms with van der Waals surface area (Å²) in [7, 11) is 1.84. The minimum Gasteiger partial charge on any atom is -0.597 e. The van der Waals surface area contributed by atoms with Crippen LogP contribution in [0.5, 0.6) is 0 Å². The summed E-state index contributed by atoms with van der Waals surface area (Å²) in [5, 5.41) is 0. The van der Waals surface area contributed by atoms with Crippen molar-refractivity contribution in [1.29, 1.82) is 0 Å². The number of methoxy groups -OCH3 is 1. The second kappa shape index (κ2) is 6.77. The zero-order valence-electron chi connectivity index (χ0n) is 16.3. The van der Waals surface area contributed by atoms with E-state index in [1.807, 2.05) is 7.11 Å². The van der Waals surface area contributed by atoms with Crippen LogP contribution in [0.2, 0.25) is 0 Å². The van der Waals surface area contributed by atoms with E-state index < -0.39 is 11.4 Å². The van der Waals surface area contributed by atoms with Gasteiger partial charge in [-0.15, -0.1) is 4.31 Å². The second-order valence-electron chi connectivity index (χ2n) is 9.32. The Morgan fingerprint density at radius 1 is 1.27 bits per heavy atom. The Balaban J connectivity index is 1.64. The molecule has 1 saturated heterocycles. The minimum absolute atomic E-state index is 0.186. The van der Waals surface area contributed by atoms with Crippen molar-refractivity contribution in [2.24, 2.45) is 5.41 Å². The number of hydrogen-bond donors (Lipinski definition) is 0. The maximum absolute atomic E-state index is 13.0. The molecule has 5 heteroatoms. The van der Waals surface area contributed by atoms with Gasteiger partial charge in [0.15, 0.2) is 0 Å². The molecule has 1 aromatic carbocycles. The van der Waals surface area contributed by atoms with E-state index in [1.165, 1.54) is 30.4 Å². The molecule has 4 unspecified atom stereocenters. The number of halogens is 1. The van der Waals surface area contributed by atoms with Crippen LogP contribution in [-0.2, 0) is 22.5 Å². The number of nitrogens with zero attached hydrogens (tertiary/aromatic N) is 1. The number of fused-ring (bicyclic) bond motifs is 1. The van der Waals surface area contributed by atoms with Crippen LogP contribution in [0.3, 0.4) is 0 Å². The van der Waals surface area contributed by atoms with Crippen LogP contribution < -0.4 is 0 Å². The molecule has 0 aromatic heterocycles. The molecule has 2 fully saturated rings. The predicted octanol–water partition coefficient (Wildman–Crippen LogP) is 4.81. The fraction of sp³-hybridized carbons (Fsp3) is 0.714. The third kappa shape index (κ3) is 3.28. The maximum atomic E-state index is 13.0. The van der Waals surface area contributed by atoms with Crippen molar-refractivity contribution in [3.63, 3.8) is 0 Å². The highest BCUT2D eigenvalue weighted by Crippen LogP contribution is 2.60. The summed E-state index contributed by atoms with van der Waals surface area (Å²) >= 11 is 2.76. The van der Waals surface area contributed by atoms with Gasteiger partial charge in [0.05, 0.1) is 18.7 Å². The van der Waals surface area contributed by atoms with E-state index in [9.17, 15) is 4.55 Å². The van der Waals surface area contributed by atoms with E-state index in [-0.39, 0.29) is 4.75 Å². The van der Waals surface area contributed by atoms with Gasteiger partial charge in [0.1, 0.15) is 4.75 Å². The number of rotatable bonds is 3. The van der Waals surface area contributed by atoms with Gasteiger partial charge in [-0.1, -0.05) is 22.0 Å². The standard InChI is InChI=1S/C21H30BrNO2S/c1-20(2,3)26(24)23-13-18(23)19-17-11-15(22)6-5-14(17)12-21(19)9-7-16(25-4)8-10-21/h5-6,11,16,18-19H,7-10,12-13H2,1-4H3. The van der Waals surface area contributed by atoms with E-state index in [4.69, 9.17) is 4.74 Å². The normalized spacial score (nSPS) is 37.6. The van der Waals surface area contributed by atoms with Gasteiger partial charge >= 0.3 is 0 Å². The Labute approximate surface area is 169 Å². The summed E-state index contributed by atoms with van der Waals surface area (Å²) < 4.78 is 21.8. The lowest BCUT2D eigenvalue weighted by Gasteiger charge is -2.42. The molecule has 0 bridgehead atoms. The van der Waals surface area contributed by atoms with Crippen LogP contribution in [0.4, 0.5) is 0 Å². The molecule has 1 spiro atoms. The zero-order valence-corrected chi connectivity index (χ0v) is 18.7. The van der Waals surface area contributed by atoms with Crippen LogP contribution in [0.1, 0.15) is 63.5 Å². The van der Waals surface area contributed by atoms with Crippen LogP contribution >= 0.6 is 15.9 Å². The van der Waals surface area contributed by atoms with Crippen molar-refractivity contribution in [2.45, 2.75) is 75.7 Å². The van der Waals surface area contributed by atoms with Crippen LogP contribution in [0.25, 0.3) is 0 Å². The number of hydrogen-bond acceptors (Lipinski definition) is 3. The van der Waals surface area contributed by atoms with E-state index in [2.05, 4.69) is 59.2 Å². The Kier molecular flexibility index (Phi) is 5.01. The van der Waals surface area contributed by atoms with E-state index in [0.717, 1.165) is 23.9 Å². The monoisotopic (exact) mass is 439 g/mol. The summed E-state index contributed by atoms with van der Waals surface area (Å²) in [6, 6.07) is 7.22. The highest BCUT2D eigenvalue weighted by Gasteiger charge is 2.61. The lowest BCUT2D eigenvalue weighted by atomic mass is 9.64. The first-order valence-corrected chi connectivity index (χ1v) is 11.6. The van der Waals surface area contributed by atoms with Crippen molar-refractivity contribution < 1.29 is 9.29 Å². The lowest BCUT2D eigenvalue weighted by Crippen LogP contribution is -2.39. The highest BCUT2D eigenvalue weighted by molar-refractivity contribution is 9.10. The fourth-order valence-electron chi connectivity index (χ4n) is 5.29. The topological polar surface area (TPSA) is 35.3 Å². The molecule has 26 heavy (non-hydrogen) atoms. The summed E-state index contributed by atoms with van der Waals surface area (Å²) in [5.74, 6) is 0.499. The largest absolute Gasteiger partial charge is 0.597 e. The van der Waals surface area contributed by atoms with Crippen molar-refractivity contribution in [1.82, 2.24) is 4.31 Å². The second-order valence-corrected chi connectivity index (χ2v) is 12.4. The molecular weight excluding hydrogens is 410 g/mol. The average molecular weight is 440 g/mol. The maximum Gasteiger partial charge on any atom is 0.137 e. The quantitative estimate of drug-likeness (QED) is 0.500. The summed E-state index contributed by atoms with van der Waals surface area (Å²) in [6.45, 7) is 7.21. The Morgan fingerprint density at radius 3 is 2.58 bits per heavy atom. The summed E-state index contributed by atoms with van der Waals surface area (Å²) in [6.07, 6.45) is 6.32. The van der Waals surface area contributed by atoms with Crippen molar-refractivity contribution in [3.8, 4) is 0 Å². The third-order valence-electron chi connectivity index (χ3n) is 6.63. The molecule has 1 heterocycles. The van der Waals surface area contributed by atoms with Crippen molar-refractivity contribution in [2.75, 3.05) is 13.7 Å². The smallest absolute Gasteiger partial charge is 0.137 e. The highest BCUT2D eigenvalue weighted by atomic mass is 79.9. The van der Waals surface area contributed by atoms with E-state index >= 15 is 0 Å². The molecule has 3 aliphatic rings. The lowest BCUT2D eigenvalue weighted by molar-refractivity contribution is 0.0191. The molecule has 144 valence electrons. The van der Waals surface area contributed by atoms with E-state index in [0.29, 0.717) is 23.5 Å². The van der Waals surface area contributed by atoms with Crippen LogP contribution in [-0.4, -0.2) is 39.4 Å². The molecule has 0 N–H and O–H groups in total. The molecule has 4 rings (SSSR count). The minimum atomic E-state index is -0.919. The summed E-state index contributed by atoms with van der Waals surface area (Å²) in [4.78, 5) is 0. The van der Waals surface area contributed by atoms with Gasteiger partial charge in [0.25, 0.3) is 0 Å². The molecule has 1 aliphatic heterocycles. The van der Waals surface area contributed by atoms with Crippen LogP contribution in [0, 0.1) is 5.41 Å². The number of ether oxygens (including phenoxy) is 1. The Morgan fingerprint density at radius 2 is 1.96 bits per heavy atom. The SMILES string of the molecule is COC1CCC2(CC1)Cc1ccc(Br)cc1C2C1CN1[S+]([O-])C(C)(C)C. The zero-order chi connectivity index (χ0) is 18.7. The first-order chi connectivity index (χ1) is 12.2. The molecule has 4 atom stereocenters. The molecule has 0 amide bonds. The molecular formula is C21H30BrNO2S. The third-order valence-corrected chi connectivity index (χ3v) is 9.02. The first-order valence-electron chi connectivity index (χ1n) is 9.75. The fourth-order valence-corrected chi connectivity index (χ4v) is 7.03.